The molecular weight excluding hydrogens is 435 g/mol. The predicted octanol–water partition coefficient (Wildman–Crippen LogP) is 4.96. The second-order valence-electron chi connectivity index (χ2n) is 7.75. The Kier molecular flexibility index (Phi) is 8.62. The summed E-state index contributed by atoms with van der Waals surface area (Å²) in [6, 6.07) is 26.7. The highest BCUT2D eigenvalue weighted by Gasteiger charge is 2.46. The van der Waals surface area contributed by atoms with Crippen molar-refractivity contribution in [2.75, 3.05) is 7.11 Å². The van der Waals surface area contributed by atoms with Gasteiger partial charge in [-0.1, -0.05) is 98.6 Å². The summed E-state index contributed by atoms with van der Waals surface area (Å²) < 4.78 is 25.8. The molecule has 172 valence electrons. The van der Waals surface area contributed by atoms with Gasteiger partial charge in [0.25, 0.3) is 0 Å². The Morgan fingerprint density at radius 1 is 0.818 bits per heavy atom. The average Bonchev–Trinajstić information content (AvgIpc) is 2.88. The van der Waals surface area contributed by atoms with Gasteiger partial charge in [-0.3, -0.25) is 0 Å². The first-order chi connectivity index (χ1) is 16.0. The SMILES string of the molecule is CCCC[C@H]([C@@H](OC(=O)c1ccccc1)C(=O)OC)P(=O)(c1ccccc1)c1ccccc1. The number of rotatable bonds is 10. The van der Waals surface area contributed by atoms with Crippen LogP contribution in [-0.2, 0) is 18.8 Å². The molecule has 3 rings (SSSR count). The Morgan fingerprint density at radius 3 is 1.76 bits per heavy atom. The third-order valence-corrected chi connectivity index (χ3v) is 9.22. The van der Waals surface area contributed by atoms with Gasteiger partial charge < -0.3 is 14.0 Å². The fourth-order valence-electron chi connectivity index (χ4n) is 3.93. The average molecular weight is 464 g/mol. The van der Waals surface area contributed by atoms with Crippen molar-refractivity contribution in [1.82, 2.24) is 0 Å². The van der Waals surface area contributed by atoms with E-state index in [0.29, 0.717) is 29.0 Å². The molecule has 0 fully saturated rings. The van der Waals surface area contributed by atoms with Gasteiger partial charge >= 0.3 is 11.9 Å². The zero-order valence-corrected chi connectivity index (χ0v) is 19.8. The normalized spacial score (nSPS) is 13.0. The first-order valence-electron chi connectivity index (χ1n) is 11.1. The maximum atomic E-state index is 15.0. The van der Waals surface area contributed by atoms with Crippen LogP contribution in [0.15, 0.2) is 91.0 Å². The van der Waals surface area contributed by atoms with Crippen molar-refractivity contribution in [3.8, 4) is 0 Å². The van der Waals surface area contributed by atoms with Crippen molar-refractivity contribution in [3.63, 3.8) is 0 Å². The van der Waals surface area contributed by atoms with Crippen LogP contribution in [0.3, 0.4) is 0 Å². The molecule has 0 amide bonds. The molecule has 33 heavy (non-hydrogen) atoms. The summed E-state index contributed by atoms with van der Waals surface area (Å²) in [7, 11) is -2.16. The van der Waals surface area contributed by atoms with E-state index in [4.69, 9.17) is 9.47 Å². The summed E-state index contributed by atoms with van der Waals surface area (Å²) in [5.74, 6) is -1.37. The maximum absolute atomic E-state index is 15.0. The van der Waals surface area contributed by atoms with Crippen molar-refractivity contribution >= 4 is 29.7 Å². The number of carbonyl (C=O) groups excluding carboxylic acids is 2. The Labute approximate surface area is 195 Å². The zero-order chi connectivity index (χ0) is 23.7. The second-order valence-corrected chi connectivity index (χ2v) is 10.8. The number of methoxy groups -OCH3 is 1. The number of hydrogen-bond donors (Lipinski definition) is 0. The van der Waals surface area contributed by atoms with E-state index in [2.05, 4.69) is 0 Å². The number of carbonyl (C=O) groups is 2. The fourth-order valence-corrected chi connectivity index (χ4v) is 7.33. The minimum absolute atomic E-state index is 0.315. The van der Waals surface area contributed by atoms with E-state index in [1.54, 1.807) is 54.6 Å². The fraction of sp³-hybridized carbons (Fsp3) is 0.259. The number of ether oxygens (including phenoxy) is 2. The van der Waals surface area contributed by atoms with Crippen molar-refractivity contribution in [2.45, 2.75) is 37.9 Å². The van der Waals surface area contributed by atoms with Crippen LogP contribution in [0.25, 0.3) is 0 Å². The monoisotopic (exact) mass is 464 g/mol. The number of benzene rings is 3. The highest BCUT2D eigenvalue weighted by atomic mass is 31.2. The molecule has 6 heteroatoms. The first kappa shape index (κ1) is 24.5. The van der Waals surface area contributed by atoms with Crippen LogP contribution in [0.1, 0.15) is 36.5 Å². The third kappa shape index (κ3) is 5.61. The van der Waals surface area contributed by atoms with Crippen LogP contribution in [0.2, 0.25) is 0 Å². The molecule has 0 heterocycles. The molecule has 0 saturated carbocycles. The molecule has 3 aromatic carbocycles. The molecule has 0 aliphatic heterocycles. The predicted molar refractivity (Wildman–Crippen MR) is 131 cm³/mol. The molecule has 0 unspecified atom stereocenters. The van der Waals surface area contributed by atoms with Crippen LogP contribution >= 0.6 is 7.14 Å². The standard InChI is InChI=1S/C27H29O5P/c1-3-4-20-24(25(27(29)31-2)32-26(28)21-14-8-5-9-15-21)33(30,22-16-10-6-11-17-22)23-18-12-7-13-19-23/h5-19,24-25H,3-4,20H2,1-2H3/t24-,25-/m1/s1. The summed E-state index contributed by atoms with van der Waals surface area (Å²) in [6.45, 7) is 2.02. The van der Waals surface area contributed by atoms with E-state index in [0.717, 1.165) is 6.42 Å². The second kappa shape index (κ2) is 11.6. The van der Waals surface area contributed by atoms with Gasteiger partial charge in [0.15, 0.2) is 0 Å². The molecule has 0 aromatic heterocycles. The summed E-state index contributed by atoms with van der Waals surface area (Å²) in [4.78, 5) is 25.9. The van der Waals surface area contributed by atoms with Gasteiger partial charge in [-0.25, -0.2) is 9.59 Å². The summed E-state index contributed by atoms with van der Waals surface area (Å²) in [5.41, 5.74) is -0.461. The number of unbranched alkanes of at least 4 members (excludes halogenated alkanes) is 1. The molecule has 5 nitrogen and oxygen atoms in total. The zero-order valence-electron chi connectivity index (χ0n) is 18.9. The Morgan fingerprint density at radius 2 is 1.30 bits per heavy atom. The van der Waals surface area contributed by atoms with Gasteiger partial charge in [0.2, 0.25) is 6.10 Å². The molecule has 0 N–H and O–H groups in total. The van der Waals surface area contributed by atoms with Gasteiger partial charge in [0.1, 0.15) is 7.14 Å². The number of hydrogen-bond acceptors (Lipinski definition) is 5. The van der Waals surface area contributed by atoms with Gasteiger partial charge in [0.05, 0.1) is 18.3 Å². The van der Waals surface area contributed by atoms with Gasteiger partial charge in [-0.05, 0) is 18.6 Å². The lowest BCUT2D eigenvalue weighted by atomic mass is 10.1. The molecule has 2 atom stereocenters. The molecule has 0 saturated heterocycles. The topological polar surface area (TPSA) is 69.7 Å². The van der Waals surface area contributed by atoms with Crippen LogP contribution in [0.5, 0.6) is 0 Å². The van der Waals surface area contributed by atoms with Crippen molar-refractivity contribution in [1.29, 1.82) is 0 Å². The van der Waals surface area contributed by atoms with Crippen LogP contribution in [0.4, 0.5) is 0 Å². The van der Waals surface area contributed by atoms with Crippen molar-refractivity contribution < 1.29 is 23.6 Å². The molecule has 3 aromatic rings. The lowest BCUT2D eigenvalue weighted by Gasteiger charge is -2.33. The Hall–Kier alpha value is -3.17. The first-order valence-corrected chi connectivity index (χ1v) is 12.8. The van der Waals surface area contributed by atoms with Crippen molar-refractivity contribution in [2.24, 2.45) is 0 Å². The van der Waals surface area contributed by atoms with E-state index in [1.807, 2.05) is 43.3 Å². The van der Waals surface area contributed by atoms with E-state index in [-0.39, 0.29) is 0 Å². The van der Waals surface area contributed by atoms with E-state index in [1.165, 1.54) is 7.11 Å². The smallest absolute Gasteiger partial charge is 0.348 e. The summed E-state index contributed by atoms with van der Waals surface area (Å²) in [5, 5.41) is 1.23. The summed E-state index contributed by atoms with van der Waals surface area (Å²) >= 11 is 0. The molecule has 0 aliphatic rings. The quantitative estimate of drug-likeness (QED) is 0.313. The highest BCUT2D eigenvalue weighted by molar-refractivity contribution is 7.79. The molecule has 0 bridgehead atoms. The molecule has 0 aliphatic carbocycles. The number of esters is 2. The molecule has 0 radical (unpaired) electrons. The van der Waals surface area contributed by atoms with Crippen LogP contribution < -0.4 is 10.6 Å². The lowest BCUT2D eigenvalue weighted by Crippen LogP contribution is -2.43. The Bertz CT molecular complexity index is 1040. The van der Waals surface area contributed by atoms with Gasteiger partial charge in [-0.2, -0.15) is 0 Å². The summed E-state index contributed by atoms with van der Waals surface area (Å²) in [6.07, 6.45) is 0.658. The largest absolute Gasteiger partial charge is 0.466 e. The lowest BCUT2D eigenvalue weighted by molar-refractivity contribution is -0.151. The minimum atomic E-state index is -3.41. The van der Waals surface area contributed by atoms with Gasteiger partial charge in [0, 0.05) is 10.6 Å². The maximum Gasteiger partial charge on any atom is 0.348 e. The molecule has 0 spiro atoms. The van der Waals surface area contributed by atoms with Crippen LogP contribution in [-0.4, -0.2) is 30.8 Å². The van der Waals surface area contributed by atoms with Crippen LogP contribution in [0, 0.1) is 0 Å². The van der Waals surface area contributed by atoms with Gasteiger partial charge in [-0.15, -0.1) is 0 Å². The molecular formula is C27H29O5P. The highest BCUT2D eigenvalue weighted by Crippen LogP contribution is 2.52. The Balaban J connectivity index is 2.14. The van der Waals surface area contributed by atoms with E-state index < -0.39 is 30.8 Å². The third-order valence-electron chi connectivity index (χ3n) is 5.63. The van der Waals surface area contributed by atoms with E-state index in [9.17, 15) is 9.59 Å². The minimum Gasteiger partial charge on any atom is -0.466 e. The van der Waals surface area contributed by atoms with E-state index >= 15 is 4.57 Å². The van der Waals surface area contributed by atoms with Crippen molar-refractivity contribution in [3.05, 3.63) is 96.6 Å².